The quantitative estimate of drug-likeness (QED) is 0.725. The Balaban J connectivity index is 2.50. The highest BCUT2D eigenvalue weighted by Crippen LogP contribution is 2.43. The first-order valence-electron chi connectivity index (χ1n) is 8.25. The molecule has 0 atom stereocenters. The zero-order chi connectivity index (χ0) is 17.3. The fourth-order valence-electron chi connectivity index (χ4n) is 2.65. The predicted molar refractivity (Wildman–Crippen MR) is 93.4 cm³/mol. The topological polar surface area (TPSA) is 49.9 Å². The van der Waals surface area contributed by atoms with Crippen LogP contribution < -0.4 is 14.4 Å². The van der Waals surface area contributed by atoms with Gasteiger partial charge in [0.15, 0.2) is 10.7 Å². The van der Waals surface area contributed by atoms with Gasteiger partial charge in [-0.15, -0.1) is 0 Å². The van der Waals surface area contributed by atoms with E-state index >= 15 is 0 Å². The lowest BCUT2D eigenvalue weighted by Crippen LogP contribution is -2.26. The van der Waals surface area contributed by atoms with Crippen molar-refractivity contribution < 1.29 is 9.47 Å². The van der Waals surface area contributed by atoms with E-state index in [0.717, 1.165) is 24.5 Å². The average molecular weight is 318 g/mol. The van der Waals surface area contributed by atoms with Crippen LogP contribution in [0.5, 0.6) is 11.5 Å². The molecule has 0 N–H and O–H groups in total. The van der Waals surface area contributed by atoms with Gasteiger partial charge in [-0.3, -0.25) is 0 Å². The first kappa shape index (κ1) is 17.4. The first-order valence-corrected chi connectivity index (χ1v) is 8.25. The molecule has 1 saturated heterocycles. The molecule has 1 aromatic rings. The summed E-state index contributed by atoms with van der Waals surface area (Å²) in [5.74, 6) is 1.30. The minimum Gasteiger partial charge on any atom is -0.486 e. The third-order valence-corrected chi connectivity index (χ3v) is 3.43. The lowest BCUT2D eigenvalue weighted by atomic mass is 10.1. The van der Waals surface area contributed by atoms with Gasteiger partial charge in [0.25, 0.3) is 0 Å². The van der Waals surface area contributed by atoms with Gasteiger partial charge < -0.3 is 14.4 Å². The van der Waals surface area contributed by atoms with E-state index in [-0.39, 0.29) is 11.2 Å². The van der Waals surface area contributed by atoms with Gasteiger partial charge in [-0.05, 0) is 54.4 Å². The van der Waals surface area contributed by atoms with Gasteiger partial charge in [0.1, 0.15) is 11.2 Å². The number of hydrogen-bond donors (Lipinski definition) is 0. The van der Waals surface area contributed by atoms with Crippen LogP contribution in [0.1, 0.15) is 54.4 Å². The Bertz CT molecular complexity index is 600. The van der Waals surface area contributed by atoms with E-state index < -0.39 is 0 Å². The molecule has 0 radical (unpaired) electrons. The van der Waals surface area contributed by atoms with Crippen LogP contribution in [0.4, 0.5) is 11.4 Å². The molecule has 0 aromatic heterocycles. The Kier molecular flexibility index (Phi) is 4.74. The van der Waals surface area contributed by atoms with Gasteiger partial charge in [0, 0.05) is 19.2 Å². The fraction of sp³-hybridized carbons (Fsp3) is 0.667. The molecule has 0 aliphatic carbocycles. The lowest BCUT2D eigenvalue weighted by Gasteiger charge is -2.28. The molecule has 1 aliphatic rings. The Morgan fingerprint density at radius 3 is 1.91 bits per heavy atom. The van der Waals surface area contributed by atoms with Crippen LogP contribution in [0.2, 0.25) is 0 Å². The lowest BCUT2D eigenvalue weighted by molar-refractivity contribution is 0.126. The van der Waals surface area contributed by atoms with Crippen LogP contribution in [0.3, 0.4) is 0 Å². The molecule has 5 nitrogen and oxygen atoms in total. The summed E-state index contributed by atoms with van der Waals surface area (Å²) in [6.45, 7) is 14.0. The molecule has 1 heterocycles. The van der Waals surface area contributed by atoms with Crippen molar-refractivity contribution >= 4 is 11.4 Å². The maximum absolute atomic E-state index is 9.37. The van der Waals surface area contributed by atoms with Crippen LogP contribution in [0, 0.1) is 5.39 Å². The van der Waals surface area contributed by atoms with E-state index in [1.807, 2.05) is 47.6 Å². The maximum atomic E-state index is 9.37. The van der Waals surface area contributed by atoms with Crippen molar-refractivity contribution in [1.82, 2.24) is 0 Å². The summed E-state index contributed by atoms with van der Waals surface area (Å²) >= 11 is 0. The molecule has 0 saturated carbocycles. The van der Waals surface area contributed by atoms with Crippen LogP contribution in [-0.2, 0) is 0 Å². The van der Waals surface area contributed by atoms with E-state index in [1.54, 1.807) is 6.07 Å². The zero-order valence-corrected chi connectivity index (χ0v) is 15.1. The third-order valence-electron chi connectivity index (χ3n) is 3.43. The minimum atomic E-state index is -0.367. The molecule has 23 heavy (non-hydrogen) atoms. The van der Waals surface area contributed by atoms with E-state index in [9.17, 15) is 5.39 Å². The second-order valence-electron chi connectivity index (χ2n) is 8.01. The standard InChI is InChI=1S/C18H28N3O2/c1-17(2,3)22-15-12-14(21-9-7-8-10-21)16(11-13(15)20-19)23-18(4,5)6/h11-12H,7-10H2,1-6H3/q+1. The van der Waals surface area contributed by atoms with Crippen molar-refractivity contribution in [3.63, 3.8) is 0 Å². The summed E-state index contributed by atoms with van der Waals surface area (Å²) < 4.78 is 12.1. The van der Waals surface area contributed by atoms with Gasteiger partial charge in [-0.25, -0.2) is 0 Å². The summed E-state index contributed by atoms with van der Waals surface area (Å²) in [6.07, 6.45) is 2.35. The summed E-state index contributed by atoms with van der Waals surface area (Å²) in [5, 5.41) is 9.37. The molecule has 2 rings (SSSR count). The highest BCUT2D eigenvalue weighted by atomic mass is 16.5. The van der Waals surface area contributed by atoms with Crippen molar-refractivity contribution in [2.45, 2.75) is 65.6 Å². The van der Waals surface area contributed by atoms with Crippen molar-refractivity contribution in [3.05, 3.63) is 17.1 Å². The maximum Gasteiger partial charge on any atom is 0.430 e. The molecule has 1 aliphatic heterocycles. The second kappa shape index (κ2) is 6.27. The smallest absolute Gasteiger partial charge is 0.430 e. The minimum absolute atomic E-state index is 0.326. The van der Waals surface area contributed by atoms with E-state index in [4.69, 9.17) is 9.47 Å². The van der Waals surface area contributed by atoms with Crippen LogP contribution in [-0.4, -0.2) is 24.3 Å². The van der Waals surface area contributed by atoms with Crippen molar-refractivity contribution in [1.29, 1.82) is 5.39 Å². The summed E-state index contributed by atoms with van der Waals surface area (Å²) in [5.41, 5.74) is 0.702. The van der Waals surface area contributed by atoms with Crippen LogP contribution >= 0.6 is 0 Å². The summed E-state index contributed by atoms with van der Waals surface area (Å²) in [6, 6.07) is 3.70. The molecule has 0 bridgehead atoms. The predicted octanol–water partition coefficient (Wildman–Crippen LogP) is 5.13. The molecular formula is C18H28N3O2+. The molecule has 5 heteroatoms. The first-order chi connectivity index (χ1) is 10.6. The number of diazo groups is 1. The molecule has 1 fully saturated rings. The fourth-order valence-corrected chi connectivity index (χ4v) is 2.65. The molecule has 0 amide bonds. The van der Waals surface area contributed by atoms with Gasteiger partial charge in [0.2, 0.25) is 11.1 Å². The molecular weight excluding hydrogens is 290 g/mol. The van der Waals surface area contributed by atoms with E-state index in [2.05, 4.69) is 9.88 Å². The number of anilines is 1. The largest absolute Gasteiger partial charge is 0.486 e. The number of hydrogen-bond acceptors (Lipinski definition) is 4. The Morgan fingerprint density at radius 1 is 0.913 bits per heavy atom. The summed E-state index contributed by atoms with van der Waals surface area (Å²) in [7, 11) is 0. The van der Waals surface area contributed by atoms with Gasteiger partial charge >= 0.3 is 5.69 Å². The highest BCUT2D eigenvalue weighted by molar-refractivity contribution is 5.72. The van der Waals surface area contributed by atoms with Crippen molar-refractivity contribution in [2.24, 2.45) is 0 Å². The number of ether oxygens (including phenoxy) is 2. The van der Waals surface area contributed by atoms with Gasteiger partial charge in [-0.1, -0.05) is 0 Å². The molecule has 126 valence electrons. The van der Waals surface area contributed by atoms with Gasteiger partial charge in [0.05, 0.1) is 11.8 Å². The Labute approximate surface area is 139 Å². The Hall–Kier alpha value is -1.96. The highest BCUT2D eigenvalue weighted by Gasteiger charge is 2.29. The Morgan fingerprint density at radius 2 is 1.43 bits per heavy atom. The van der Waals surface area contributed by atoms with Crippen molar-refractivity contribution in [3.8, 4) is 11.5 Å². The van der Waals surface area contributed by atoms with E-state index in [1.165, 1.54) is 12.8 Å². The third kappa shape index (κ3) is 4.75. The monoisotopic (exact) mass is 318 g/mol. The molecule has 1 aromatic carbocycles. The number of rotatable bonds is 3. The summed E-state index contributed by atoms with van der Waals surface area (Å²) in [4.78, 5) is 5.69. The second-order valence-corrected chi connectivity index (χ2v) is 8.01. The average Bonchev–Trinajstić information content (AvgIpc) is 2.90. The normalized spacial score (nSPS) is 15.4. The molecule has 0 unspecified atom stereocenters. The zero-order valence-electron chi connectivity index (χ0n) is 15.1. The van der Waals surface area contributed by atoms with Crippen molar-refractivity contribution in [2.75, 3.05) is 18.0 Å². The SMILES string of the molecule is CC(C)(C)Oc1cc(N2CCCC2)c(OC(C)(C)C)cc1[N+]#N. The van der Waals surface area contributed by atoms with E-state index in [0.29, 0.717) is 11.4 Å². The molecule has 0 spiro atoms. The van der Waals surface area contributed by atoms with Crippen LogP contribution in [0.25, 0.3) is 4.98 Å². The van der Waals surface area contributed by atoms with Crippen LogP contribution in [0.15, 0.2) is 12.1 Å². The number of nitrogens with zero attached hydrogens (tertiary/aromatic N) is 3. The number of benzene rings is 1. The van der Waals surface area contributed by atoms with Gasteiger partial charge in [-0.2, -0.15) is 0 Å².